The quantitative estimate of drug-likeness (QED) is 0.168. The molecule has 3 aliphatic carbocycles. The summed E-state index contributed by atoms with van der Waals surface area (Å²) in [6.45, 7) is 0. The molecule has 0 bridgehead atoms. The van der Waals surface area contributed by atoms with Gasteiger partial charge in [0.1, 0.15) is 0 Å². The van der Waals surface area contributed by atoms with E-state index in [1.165, 1.54) is 89.0 Å². The molecule has 8 aromatic carbocycles. The van der Waals surface area contributed by atoms with E-state index >= 15 is 0 Å². The van der Waals surface area contributed by atoms with Crippen LogP contribution >= 0.6 is 0 Å². The third kappa shape index (κ3) is 4.22. The molecule has 0 N–H and O–H groups in total. The van der Waals surface area contributed by atoms with Crippen LogP contribution in [0.4, 0.5) is 0 Å². The third-order valence-electron chi connectivity index (χ3n) is 13.6. The van der Waals surface area contributed by atoms with Crippen molar-refractivity contribution in [1.82, 2.24) is 9.80 Å². The van der Waals surface area contributed by atoms with Crippen LogP contribution < -0.4 is 0 Å². The van der Waals surface area contributed by atoms with Gasteiger partial charge in [0.15, 0.2) is 0 Å². The molecule has 57 heavy (non-hydrogen) atoms. The Kier molecular flexibility index (Phi) is 7.35. The van der Waals surface area contributed by atoms with Crippen LogP contribution in [0.5, 0.6) is 0 Å². The molecule has 0 heterocycles. The van der Waals surface area contributed by atoms with Gasteiger partial charge >= 0.3 is 0 Å². The lowest BCUT2D eigenvalue weighted by Crippen LogP contribution is -2.43. The van der Waals surface area contributed by atoms with E-state index in [4.69, 9.17) is 0 Å². The van der Waals surface area contributed by atoms with Crippen molar-refractivity contribution in [3.8, 4) is 33.4 Å². The van der Waals surface area contributed by atoms with Crippen LogP contribution in [0.1, 0.15) is 55.6 Å². The second kappa shape index (κ2) is 12.3. The normalized spacial score (nSPS) is 15.8. The van der Waals surface area contributed by atoms with Gasteiger partial charge in [0.25, 0.3) is 0 Å². The fraction of sp³-hybridized carbons (Fsp3) is 0.127. The van der Waals surface area contributed by atoms with Gasteiger partial charge in [-0.05, 0) is 117 Å². The van der Waals surface area contributed by atoms with Crippen LogP contribution in [0.25, 0.3) is 33.4 Å². The van der Waals surface area contributed by atoms with Gasteiger partial charge in [-0.1, -0.05) is 194 Å². The molecule has 8 aromatic rings. The van der Waals surface area contributed by atoms with Crippen LogP contribution in [0, 0.1) is 0 Å². The summed E-state index contributed by atoms with van der Waals surface area (Å²) in [6.07, 6.45) is 0. The molecule has 0 saturated heterocycles. The summed E-state index contributed by atoms with van der Waals surface area (Å²) in [5.41, 5.74) is 19.3. The van der Waals surface area contributed by atoms with Crippen LogP contribution in [-0.2, 0) is 16.5 Å². The van der Waals surface area contributed by atoms with Gasteiger partial charge in [0.2, 0.25) is 0 Å². The molecule has 11 rings (SSSR count). The van der Waals surface area contributed by atoms with E-state index in [0.29, 0.717) is 0 Å². The summed E-state index contributed by atoms with van der Waals surface area (Å²) in [5.74, 6) is 0. The Hall–Kier alpha value is -6.32. The minimum absolute atomic E-state index is 0.476. The Morgan fingerprint density at radius 1 is 0.263 bits per heavy atom. The SMILES string of the molecule is CN(C)C1(c2cccc(C3(c4cccc(C5(N(C)C)c6ccccc6-c6ccccc65)c4)c4ccccc4-c4ccccc43)c2)c2ccccc2-c2ccccc21. The molecular formula is C55H44N2. The molecule has 0 atom stereocenters. The molecule has 0 unspecified atom stereocenters. The first kappa shape index (κ1) is 34.0. The molecule has 0 spiro atoms. The van der Waals surface area contributed by atoms with Crippen LogP contribution in [-0.4, -0.2) is 38.0 Å². The van der Waals surface area contributed by atoms with Crippen LogP contribution in [0.2, 0.25) is 0 Å². The third-order valence-corrected chi connectivity index (χ3v) is 13.6. The summed E-state index contributed by atoms with van der Waals surface area (Å²) in [4.78, 5) is 4.85. The van der Waals surface area contributed by atoms with Crippen molar-refractivity contribution in [2.45, 2.75) is 16.5 Å². The van der Waals surface area contributed by atoms with E-state index in [-0.39, 0.29) is 0 Å². The van der Waals surface area contributed by atoms with Crippen LogP contribution in [0.3, 0.4) is 0 Å². The van der Waals surface area contributed by atoms with Crippen molar-refractivity contribution in [1.29, 1.82) is 0 Å². The summed E-state index contributed by atoms with van der Waals surface area (Å²) in [6, 6.07) is 73.4. The largest absolute Gasteiger partial charge is 0.292 e. The van der Waals surface area contributed by atoms with Crippen molar-refractivity contribution in [3.05, 3.63) is 250 Å². The van der Waals surface area contributed by atoms with Gasteiger partial charge in [-0.25, -0.2) is 0 Å². The minimum atomic E-state index is -0.588. The van der Waals surface area contributed by atoms with Crippen molar-refractivity contribution in [2.24, 2.45) is 0 Å². The lowest BCUT2D eigenvalue weighted by molar-refractivity contribution is 0.252. The first-order chi connectivity index (χ1) is 27.9. The standard InChI is InChI=1S/C55H44N2/c1-56(2)54(49-31-13-7-25-43(49)44-26-8-14-32-50(44)54)39-21-17-19-37(35-39)53(47-29-11-5-23-41(47)42-24-6-12-30-48(42)53)38-20-18-22-40(36-38)55(57(3)4)51-33-15-9-27-45(51)46-28-10-16-34-52(46)55/h5-36H,1-4H3. The van der Waals surface area contributed by atoms with Gasteiger partial charge in [-0.3, -0.25) is 9.80 Å². The molecule has 274 valence electrons. The summed E-state index contributed by atoms with van der Waals surface area (Å²) in [7, 11) is 8.96. The Labute approximate surface area is 336 Å². The van der Waals surface area contributed by atoms with Crippen molar-refractivity contribution in [3.63, 3.8) is 0 Å². The average Bonchev–Trinajstić information content (AvgIpc) is 3.86. The van der Waals surface area contributed by atoms with Gasteiger partial charge in [0.05, 0.1) is 16.5 Å². The first-order valence-corrected chi connectivity index (χ1v) is 20.1. The Morgan fingerprint density at radius 2 is 0.509 bits per heavy atom. The Balaban J connectivity index is 1.23. The number of rotatable bonds is 6. The highest BCUT2D eigenvalue weighted by atomic mass is 15.2. The molecule has 0 radical (unpaired) electrons. The van der Waals surface area contributed by atoms with E-state index in [1.54, 1.807) is 0 Å². The highest BCUT2D eigenvalue weighted by molar-refractivity contribution is 5.88. The van der Waals surface area contributed by atoms with E-state index in [0.717, 1.165) is 0 Å². The van der Waals surface area contributed by atoms with Crippen molar-refractivity contribution >= 4 is 0 Å². The fourth-order valence-corrected chi connectivity index (χ4v) is 11.5. The molecule has 0 amide bonds. The maximum absolute atomic E-state index is 2.53. The number of hydrogen-bond acceptors (Lipinski definition) is 2. The van der Waals surface area contributed by atoms with Crippen LogP contribution in [0.15, 0.2) is 194 Å². The molecule has 2 nitrogen and oxygen atoms in total. The predicted molar refractivity (Wildman–Crippen MR) is 235 cm³/mol. The topological polar surface area (TPSA) is 6.48 Å². The second-order valence-electron chi connectivity index (χ2n) is 16.4. The minimum Gasteiger partial charge on any atom is -0.292 e. The van der Waals surface area contributed by atoms with Gasteiger partial charge in [0, 0.05) is 0 Å². The lowest BCUT2D eigenvalue weighted by Gasteiger charge is -2.42. The van der Waals surface area contributed by atoms with E-state index in [1.807, 2.05) is 0 Å². The van der Waals surface area contributed by atoms with Gasteiger partial charge < -0.3 is 0 Å². The Morgan fingerprint density at radius 3 is 0.807 bits per heavy atom. The number of benzene rings is 8. The van der Waals surface area contributed by atoms with E-state index in [9.17, 15) is 0 Å². The molecule has 0 fully saturated rings. The van der Waals surface area contributed by atoms with Gasteiger partial charge in [-0.15, -0.1) is 0 Å². The zero-order valence-electron chi connectivity index (χ0n) is 32.9. The van der Waals surface area contributed by atoms with E-state index < -0.39 is 16.5 Å². The van der Waals surface area contributed by atoms with E-state index in [2.05, 4.69) is 232 Å². The summed E-state index contributed by atoms with van der Waals surface area (Å²) < 4.78 is 0. The smallest absolute Gasteiger partial charge is 0.0980 e. The van der Waals surface area contributed by atoms with Crippen molar-refractivity contribution in [2.75, 3.05) is 28.2 Å². The zero-order valence-corrected chi connectivity index (χ0v) is 32.9. The maximum Gasteiger partial charge on any atom is 0.0980 e. The number of hydrogen-bond donors (Lipinski definition) is 0. The second-order valence-corrected chi connectivity index (χ2v) is 16.4. The highest BCUT2D eigenvalue weighted by Crippen LogP contribution is 2.60. The predicted octanol–water partition coefficient (Wildman–Crippen LogP) is 11.7. The maximum atomic E-state index is 2.53. The Bertz CT molecular complexity index is 2610. The van der Waals surface area contributed by atoms with Gasteiger partial charge in [-0.2, -0.15) is 0 Å². The molecule has 3 aliphatic rings. The van der Waals surface area contributed by atoms with Crippen molar-refractivity contribution < 1.29 is 0 Å². The average molecular weight is 733 g/mol. The molecule has 2 heteroatoms. The number of fused-ring (bicyclic) bond motifs is 9. The lowest BCUT2D eigenvalue weighted by atomic mass is 9.65. The fourth-order valence-electron chi connectivity index (χ4n) is 11.5. The monoisotopic (exact) mass is 732 g/mol. The summed E-state index contributed by atoms with van der Waals surface area (Å²) in [5, 5.41) is 0. The first-order valence-electron chi connectivity index (χ1n) is 20.1. The molecular weight excluding hydrogens is 689 g/mol. The molecule has 0 aromatic heterocycles. The number of nitrogens with zero attached hydrogens (tertiary/aromatic N) is 2. The summed E-state index contributed by atoms with van der Waals surface area (Å²) >= 11 is 0. The molecule has 0 saturated carbocycles. The molecule has 0 aliphatic heterocycles. The highest BCUT2D eigenvalue weighted by Gasteiger charge is 2.51. The zero-order chi connectivity index (χ0) is 38.5.